The molecule has 70 valence electrons. The third-order valence-corrected chi connectivity index (χ3v) is 2.92. The second-order valence-electron chi connectivity index (χ2n) is 4.02. The van der Waals surface area contributed by atoms with Gasteiger partial charge in [0.25, 0.3) is 0 Å². The molecule has 0 saturated heterocycles. The standard InChI is InChI=1S/C11H14O2/c1-9-3-4-10(13-9)7-11(8-12)5-2-6-11/h3-4,8H,2,5-7H2,1H3. The summed E-state index contributed by atoms with van der Waals surface area (Å²) in [5, 5.41) is 0. The molecule has 0 radical (unpaired) electrons. The van der Waals surface area contributed by atoms with Crippen molar-refractivity contribution in [2.24, 2.45) is 5.41 Å². The van der Waals surface area contributed by atoms with Crippen LogP contribution in [-0.2, 0) is 11.2 Å². The molecule has 1 aliphatic rings. The molecular weight excluding hydrogens is 164 g/mol. The van der Waals surface area contributed by atoms with E-state index in [2.05, 4.69) is 0 Å². The second-order valence-corrected chi connectivity index (χ2v) is 4.02. The first-order chi connectivity index (χ1) is 6.24. The number of rotatable bonds is 3. The maximum absolute atomic E-state index is 10.9. The Balaban J connectivity index is 2.08. The number of furan rings is 1. The Labute approximate surface area is 77.9 Å². The number of hydrogen-bond acceptors (Lipinski definition) is 2. The zero-order chi connectivity index (χ0) is 9.31. The predicted octanol–water partition coefficient (Wildman–Crippen LogP) is 2.50. The van der Waals surface area contributed by atoms with Crippen LogP contribution in [0.25, 0.3) is 0 Å². The van der Waals surface area contributed by atoms with Crippen molar-refractivity contribution in [3.8, 4) is 0 Å². The molecule has 2 heteroatoms. The van der Waals surface area contributed by atoms with Gasteiger partial charge >= 0.3 is 0 Å². The van der Waals surface area contributed by atoms with Crippen molar-refractivity contribution in [2.75, 3.05) is 0 Å². The molecule has 1 saturated carbocycles. The number of carbonyl (C=O) groups excluding carboxylic acids is 1. The SMILES string of the molecule is Cc1ccc(CC2(C=O)CCC2)o1. The van der Waals surface area contributed by atoms with Crippen LogP contribution in [-0.4, -0.2) is 6.29 Å². The highest BCUT2D eigenvalue weighted by Crippen LogP contribution is 2.41. The van der Waals surface area contributed by atoms with Gasteiger partial charge in [-0.3, -0.25) is 0 Å². The first-order valence-electron chi connectivity index (χ1n) is 4.76. The van der Waals surface area contributed by atoms with Crippen LogP contribution in [0, 0.1) is 12.3 Å². The van der Waals surface area contributed by atoms with Crippen molar-refractivity contribution in [1.29, 1.82) is 0 Å². The van der Waals surface area contributed by atoms with E-state index in [1.807, 2.05) is 19.1 Å². The molecule has 1 fully saturated rings. The van der Waals surface area contributed by atoms with Gasteiger partial charge in [-0.1, -0.05) is 6.42 Å². The van der Waals surface area contributed by atoms with Crippen molar-refractivity contribution in [2.45, 2.75) is 32.6 Å². The van der Waals surface area contributed by atoms with Gasteiger partial charge in [0.15, 0.2) is 0 Å². The lowest BCUT2D eigenvalue weighted by Crippen LogP contribution is -2.33. The van der Waals surface area contributed by atoms with Crippen molar-refractivity contribution >= 4 is 6.29 Å². The number of carbonyl (C=O) groups is 1. The molecule has 0 amide bonds. The molecule has 1 aromatic rings. The summed E-state index contributed by atoms with van der Waals surface area (Å²) in [6, 6.07) is 3.92. The van der Waals surface area contributed by atoms with Gasteiger partial charge in [0, 0.05) is 11.8 Å². The molecule has 0 aliphatic heterocycles. The minimum atomic E-state index is -0.0930. The Morgan fingerprint density at radius 1 is 1.54 bits per heavy atom. The molecule has 1 aliphatic carbocycles. The minimum Gasteiger partial charge on any atom is -0.466 e. The van der Waals surface area contributed by atoms with Gasteiger partial charge in [-0.15, -0.1) is 0 Å². The summed E-state index contributed by atoms with van der Waals surface area (Å²) in [5.41, 5.74) is -0.0930. The lowest BCUT2D eigenvalue weighted by molar-refractivity contribution is -0.120. The van der Waals surface area contributed by atoms with E-state index in [4.69, 9.17) is 4.42 Å². The minimum absolute atomic E-state index is 0.0930. The second kappa shape index (κ2) is 3.02. The van der Waals surface area contributed by atoms with Crippen LogP contribution in [0.2, 0.25) is 0 Å². The van der Waals surface area contributed by atoms with Crippen LogP contribution in [0.15, 0.2) is 16.5 Å². The molecule has 0 bridgehead atoms. The monoisotopic (exact) mass is 178 g/mol. The molecule has 1 heterocycles. The third kappa shape index (κ3) is 1.53. The van der Waals surface area contributed by atoms with Gasteiger partial charge in [0.2, 0.25) is 0 Å². The summed E-state index contributed by atoms with van der Waals surface area (Å²) >= 11 is 0. The maximum Gasteiger partial charge on any atom is 0.126 e. The van der Waals surface area contributed by atoms with Gasteiger partial charge in [0.1, 0.15) is 17.8 Å². The van der Waals surface area contributed by atoms with Gasteiger partial charge in [-0.05, 0) is 31.9 Å². The first-order valence-corrected chi connectivity index (χ1v) is 4.76. The van der Waals surface area contributed by atoms with E-state index in [-0.39, 0.29) is 5.41 Å². The molecule has 0 aromatic carbocycles. The number of hydrogen-bond donors (Lipinski definition) is 0. The van der Waals surface area contributed by atoms with Crippen LogP contribution in [0.5, 0.6) is 0 Å². The Morgan fingerprint density at radius 2 is 2.31 bits per heavy atom. The summed E-state index contributed by atoms with van der Waals surface area (Å²) < 4.78 is 5.46. The van der Waals surface area contributed by atoms with Gasteiger partial charge < -0.3 is 9.21 Å². The lowest BCUT2D eigenvalue weighted by atomic mass is 9.67. The van der Waals surface area contributed by atoms with E-state index in [9.17, 15) is 4.79 Å². The van der Waals surface area contributed by atoms with E-state index in [1.54, 1.807) is 0 Å². The van der Waals surface area contributed by atoms with E-state index in [0.29, 0.717) is 0 Å². The third-order valence-electron chi connectivity index (χ3n) is 2.92. The van der Waals surface area contributed by atoms with Crippen LogP contribution < -0.4 is 0 Å². The van der Waals surface area contributed by atoms with Gasteiger partial charge in [0.05, 0.1) is 0 Å². The van der Waals surface area contributed by atoms with Gasteiger partial charge in [-0.2, -0.15) is 0 Å². The van der Waals surface area contributed by atoms with E-state index >= 15 is 0 Å². The van der Waals surface area contributed by atoms with Crippen molar-refractivity contribution in [3.05, 3.63) is 23.7 Å². The van der Waals surface area contributed by atoms with Crippen LogP contribution in [0.1, 0.15) is 30.8 Å². The molecule has 0 atom stereocenters. The fourth-order valence-electron chi connectivity index (χ4n) is 1.89. The average molecular weight is 178 g/mol. The number of aryl methyl sites for hydroxylation is 1. The predicted molar refractivity (Wildman–Crippen MR) is 49.5 cm³/mol. The molecular formula is C11H14O2. The fraction of sp³-hybridized carbons (Fsp3) is 0.545. The average Bonchev–Trinajstić information content (AvgIpc) is 2.44. The van der Waals surface area contributed by atoms with Crippen molar-refractivity contribution < 1.29 is 9.21 Å². The number of aldehydes is 1. The summed E-state index contributed by atoms with van der Waals surface area (Å²) in [4.78, 5) is 10.9. The molecule has 13 heavy (non-hydrogen) atoms. The lowest BCUT2D eigenvalue weighted by Gasteiger charge is -2.35. The Bertz CT molecular complexity index is 308. The Hall–Kier alpha value is -1.05. The molecule has 0 spiro atoms. The molecule has 0 unspecified atom stereocenters. The molecule has 1 aromatic heterocycles. The van der Waals surface area contributed by atoms with Crippen molar-refractivity contribution in [3.63, 3.8) is 0 Å². The molecule has 2 nitrogen and oxygen atoms in total. The van der Waals surface area contributed by atoms with Gasteiger partial charge in [-0.25, -0.2) is 0 Å². The Morgan fingerprint density at radius 3 is 2.69 bits per heavy atom. The largest absolute Gasteiger partial charge is 0.466 e. The summed E-state index contributed by atoms with van der Waals surface area (Å²) in [6.07, 6.45) is 5.11. The quantitative estimate of drug-likeness (QED) is 0.666. The highest BCUT2D eigenvalue weighted by molar-refractivity contribution is 5.61. The van der Waals surface area contributed by atoms with E-state index in [1.165, 1.54) is 6.42 Å². The topological polar surface area (TPSA) is 30.2 Å². The first kappa shape index (κ1) is 8.54. The van der Waals surface area contributed by atoms with E-state index in [0.717, 1.165) is 37.1 Å². The van der Waals surface area contributed by atoms with Crippen LogP contribution in [0.3, 0.4) is 0 Å². The highest BCUT2D eigenvalue weighted by atomic mass is 16.3. The van der Waals surface area contributed by atoms with Crippen LogP contribution in [0.4, 0.5) is 0 Å². The Kier molecular flexibility index (Phi) is 1.98. The maximum atomic E-state index is 10.9. The summed E-state index contributed by atoms with van der Waals surface area (Å²) in [5.74, 6) is 1.87. The van der Waals surface area contributed by atoms with Crippen molar-refractivity contribution in [1.82, 2.24) is 0 Å². The highest BCUT2D eigenvalue weighted by Gasteiger charge is 2.37. The fourth-order valence-corrected chi connectivity index (χ4v) is 1.89. The zero-order valence-corrected chi connectivity index (χ0v) is 7.88. The van der Waals surface area contributed by atoms with E-state index < -0.39 is 0 Å². The van der Waals surface area contributed by atoms with Crippen LogP contribution >= 0.6 is 0 Å². The summed E-state index contributed by atoms with van der Waals surface area (Å²) in [7, 11) is 0. The zero-order valence-electron chi connectivity index (χ0n) is 7.88. The normalized spacial score (nSPS) is 19.5. The smallest absolute Gasteiger partial charge is 0.126 e. The summed E-state index contributed by atoms with van der Waals surface area (Å²) in [6.45, 7) is 1.93. The molecule has 2 rings (SSSR count). The molecule has 0 N–H and O–H groups in total.